The number of ether oxygens (including phenoxy) is 1. The number of morpholine rings is 1. The van der Waals surface area contributed by atoms with Crippen LogP contribution in [0.1, 0.15) is 26.7 Å². The second kappa shape index (κ2) is 12.9. The predicted octanol–water partition coefficient (Wildman–Crippen LogP) is -0.180. The molecule has 11 heteroatoms. The number of carbonyl (C=O) groups is 1. The number of rotatable bonds is 8. The van der Waals surface area contributed by atoms with Crippen LogP contribution in [0.5, 0.6) is 0 Å². The summed E-state index contributed by atoms with van der Waals surface area (Å²) in [6.45, 7) is 9.05. The first-order chi connectivity index (χ1) is 13.3. The Morgan fingerprint density at radius 3 is 2.48 bits per heavy atom. The number of hydrogen-bond acceptors (Lipinski definition) is 6. The molecule has 2 unspecified atom stereocenters. The highest BCUT2D eigenvalue weighted by molar-refractivity contribution is 14.0. The average Bonchev–Trinajstić information content (AvgIpc) is 2.99. The van der Waals surface area contributed by atoms with Gasteiger partial charge in [0, 0.05) is 51.7 Å². The lowest BCUT2D eigenvalue weighted by Gasteiger charge is -2.37. The predicted molar refractivity (Wildman–Crippen MR) is 126 cm³/mol. The van der Waals surface area contributed by atoms with Crippen molar-refractivity contribution in [2.24, 2.45) is 10.9 Å². The van der Waals surface area contributed by atoms with Crippen molar-refractivity contribution in [2.45, 2.75) is 38.8 Å². The van der Waals surface area contributed by atoms with Crippen LogP contribution < -0.4 is 16.0 Å². The van der Waals surface area contributed by atoms with Gasteiger partial charge in [0.1, 0.15) is 0 Å². The molecule has 3 N–H and O–H groups in total. The summed E-state index contributed by atoms with van der Waals surface area (Å²) in [4.78, 5) is 18.7. The van der Waals surface area contributed by atoms with Crippen LogP contribution in [-0.4, -0.2) is 95.2 Å². The summed E-state index contributed by atoms with van der Waals surface area (Å²) in [5.41, 5.74) is 0. The van der Waals surface area contributed by atoms with Gasteiger partial charge in [0.15, 0.2) is 15.8 Å². The number of nitrogens with one attached hydrogen (secondary N) is 3. The summed E-state index contributed by atoms with van der Waals surface area (Å²) in [6, 6.07) is 0.130. The summed E-state index contributed by atoms with van der Waals surface area (Å²) in [7, 11) is -1.28. The average molecular weight is 545 g/mol. The Morgan fingerprint density at radius 2 is 1.93 bits per heavy atom. The second-order valence-corrected chi connectivity index (χ2v) is 9.99. The molecule has 1 amide bonds. The molecule has 170 valence electrons. The number of sulfone groups is 1. The van der Waals surface area contributed by atoms with Gasteiger partial charge in [-0.3, -0.25) is 14.7 Å². The molecule has 0 aromatic rings. The molecule has 0 aromatic heterocycles. The molecule has 9 nitrogen and oxygen atoms in total. The van der Waals surface area contributed by atoms with Gasteiger partial charge < -0.3 is 20.7 Å². The maximum Gasteiger partial charge on any atom is 0.222 e. The van der Waals surface area contributed by atoms with Crippen molar-refractivity contribution in [2.75, 3.05) is 57.9 Å². The normalized spacial score (nSPS) is 23.3. The molecule has 0 saturated carbocycles. The molecular formula is C18H36IN5O4S. The lowest BCUT2D eigenvalue weighted by Crippen LogP contribution is -2.52. The van der Waals surface area contributed by atoms with Crippen LogP contribution in [0, 0.1) is 5.92 Å². The molecule has 2 fully saturated rings. The molecule has 2 saturated heterocycles. The third kappa shape index (κ3) is 9.35. The summed E-state index contributed by atoms with van der Waals surface area (Å²) in [5.74, 6) is 1.23. The highest BCUT2D eigenvalue weighted by Gasteiger charge is 2.28. The Balaban J connectivity index is 0.00000420. The zero-order valence-electron chi connectivity index (χ0n) is 17.6. The van der Waals surface area contributed by atoms with Gasteiger partial charge in [-0.15, -0.1) is 24.0 Å². The zero-order valence-corrected chi connectivity index (χ0v) is 20.8. The van der Waals surface area contributed by atoms with E-state index in [2.05, 4.69) is 39.7 Å². The molecule has 0 spiro atoms. The maximum atomic E-state index is 12.0. The minimum Gasteiger partial charge on any atom is -0.379 e. The molecule has 2 aliphatic rings. The zero-order chi connectivity index (χ0) is 20.6. The Kier molecular flexibility index (Phi) is 11.7. The van der Waals surface area contributed by atoms with Crippen molar-refractivity contribution in [3.05, 3.63) is 0 Å². The third-order valence-corrected chi connectivity index (χ3v) is 7.00. The lowest BCUT2D eigenvalue weighted by molar-refractivity contribution is -0.121. The molecule has 0 radical (unpaired) electrons. The van der Waals surface area contributed by atoms with Gasteiger partial charge >= 0.3 is 0 Å². The number of aliphatic imine (C=N–C) groups is 1. The Morgan fingerprint density at radius 1 is 1.24 bits per heavy atom. The van der Waals surface area contributed by atoms with Gasteiger partial charge in [-0.1, -0.05) is 13.8 Å². The SMILES string of the molecule is CN=C(NCCC(=O)NC1CCS(=O)(=O)C1)NCC(C(C)C)N1CCOCC1.I. The maximum absolute atomic E-state index is 12.0. The molecule has 2 heterocycles. The first-order valence-electron chi connectivity index (χ1n) is 10.1. The van der Waals surface area contributed by atoms with Crippen LogP contribution in [0.25, 0.3) is 0 Å². The van der Waals surface area contributed by atoms with Crippen molar-refractivity contribution < 1.29 is 17.9 Å². The van der Waals surface area contributed by atoms with E-state index in [-0.39, 0.29) is 53.9 Å². The number of nitrogens with zero attached hydrogens (tertiary/aromatic N) is 2. The van der Waals surface area contributed by atoms with Gasteiger partial charge in [0.25, 0.3) is 0 Å². The first kappa shape index (κ1) is 26.4. The van der Waals surface area contributed by atoms with E-state index in [4.69, 9.17) is 4.74 Å². The highest BCUT2D eigenvalue weighted by Crippen LogP contribution is 2.12. The standard InChI is InChI=1S/C18H35N5O4S.HI/c1-14(2)16(23-7-9-27-10-8-23)12-21-18(19-3)20-6-4-17(24)22-15-5-11-28(25,26)13-15;/h14-16H,4-13H2,1-3H3,(H,22,24)(H2,19,20,21);1H. The van der Waals surface area contributed by atoms with E-state index in [0.717, 1.165) is 32.8 Å². The molecule has 2 aliphatic heterocycles. The molecule has 0 aromatic carbocycles. The minimum atomic E-state index is -2.98. The van der Waals surface area contributed by atoms with E-state index in [1.165, 1.54) is 0 Å². The van der Waals surface area contributed by atoms with E-state index in [0.29, 0.717) is 30.9 Å². The monoisotopic (exact) mass is 545 g/mol. The summed E-state index contributed by atoms with van der Waals surface area (Å²) in [6.07, 6.45) is 0.775. The van der Waals surface area contributed by atoms with Crippen LogP contribution in [0.4, 0.5) is 0 Å². The smallest absolute Gasteiger partial charge is 0.222 e. The highest BCUT2D eigenvalue weighted by atomic mass is 127. The molecule has 0 aliphatic carbocycles. The van der Waals surface area contributed by atoms with Crippen LogP contribution in [0.2, 0.25) is 0 Å². The van der Waals surface area contributed by atoms with Gasteiger partial charge in [-0.2, -0.15) is 0 Å². The van der Waals surface area contributed by atoms with Gasteiger partial charge in [0.2, 0.25) is 5.91 Å². The molecular weight excluding hydrogens is 509 g/mol. The minimum absolute atomic E-state index is 0. The summed E-state index contributed by atoms with van der Waals surface area (Å²) >= 11 is 0. The molecule has 29 heavy (non-hydrogen) atoms. The van der Waals surface area contributed by atoms with Crippen LogP contribution >= 0.6 is 24.0 Å². The van der Waals surface area contributed by atoms with E-state index >= 15 is 0 Å². The first-order valence-corrected chi connectivity index (χ1v) is 11.9. The van der Waals surface area contributed by atoms with Crippen molar-refractivity contribution in [1.29, 1.82) is 0 Å². The van der Waals surface area contributed by atoms with Crippen molar-refractivity contribution in [3.8, 4) is 0 Å². The number of amides is 1. The van der Waals surface area contributed by atoms with Crippen molar-refractivity contribution in [3.63, 3.8) is 0 Å². The largest absolute Gasteiger partial charge is 0.379 e. The molecule has 2 atom stereocenters. The fourth-order valence-electron chi connectivity index (χ4n) is 3.62. The van der Waals surface area contributed by atoms with E-state index in [1.54, 1.807) is 7.05 Å². The Labute approximate surface area is 191 Å². The Bertz CT molecular complexity index is 638. The van der Waals surface area contributed by atoms with Crippen molar-refractivity contribution in [1.82, 2.24) is 20.9 Å². The number of halogens is 1. The Hall–Kier alpha value is -0.660. The van der Waals surface area contributed by atoms with Gasteiger partial charge in [-0.25, -0.2) is 8.42 Å². The number of guanidine groups is 1. The number of hydrogen-bond donors (Lipinski definition) is 3. The van der Waals surface area contributed by atoms with Crippen molar-refractivity contribution >= 4 is 45.7 Å². The van der Waals surface area contributed by atoms with Crippen LogP contribution in [-0.2, 0) is 19.4 Å². The lowest BCUT2D eigenvalue weighted by atomic mass is 10.0. The fourth-order valence-corrected chi connectivity index (χ4v) is 5.29. The fraction of sp³-hybridized carbons (Fsp3) is 0.889. The van der Waals surface area contributed by atoms with E-state index < -0.39 is 9.84 Å². The number of carbonyl (C=O) groups excluding carboxylic acids is 1. The molecule has 2 rings (SSSR count). The van der Waals surface area contributed by atoms with Crippen LogP contribution in [0.3, 0.4) is 0 Å². The molecule has 0 bridgehead atoms. The van der Waals surface area contributed by atoms with Gasteiger partial charge in [0.05, 0.1) is 24.7 Å². The van der Waals surface area contributed by atoms with E-state index in [9.17, 15) is 13.2 Å². The quantitative estimate of drug-likeness (QED) is 0.221. The van der Waals surface area contributed by atoms with E-state index in [1.807, 2.05) is 0 Å². The van der Waals surface area contributed by atoms with Gasteiger partial charge in [-0.05, 0) is 12.3 Å². The topological polar surface area (TPSA) is 112 Å². The van der Waals surface area contributed by atoms with Crippen LogP contribution in [0.15, 0.2) is 4.99 Å². The summed E-state index contributed by atoms with van der Waals surface area (Å²) in [5, 5.41) is 9.30. The third-order valence-electron chi connectivity index (χ3n) is 5.23. The summed E-state index contributed by atoms with van der Waals surface area (Å²) < 4.78 is 28.4. The second-order valence-electron chi connectivity index (χ2n) is 7.76.